The number of ether oxygens (including phenoxy) is 1. The Balaban J connectivity index is 2.01. The van der Waals surface area contributed by atoms with Gasteiger partial charge in [0.25, 0.3) is 0 Å². The zero-order chi connectivity index (χ0) is 13.7. The number of halogens is 1. The van der Waals surface area contributed by atoms with Gasteiger partial charge in [-0.3, -0.25) is 0 Å². The monoisotopic (exact) mass is 278 g/mol. The fourth-order valence-electron chi connectivity index (χ4n) is 1.62. The zero-order valence-electron chi connectivity index (χ0n) is 10.6. The van der Waals surface area contributed by atoms with E-state index >= 15 is 0 Å². The fourth-order valence-corrected chi connectivity index (χ4v) is 2.51. The number of hydrogen-bond acceptors (Lipinski definition) is 3. The largest absolute Gasteiger partial charge is 0.497 e. The van der Waals surface area contributed by atoms with Gasteiger partial charge in [0.1, 0.15) is 11.6 Å². The minimum atomic E-state index is -0.251. The van der Waals surface area contributed by atoms with Gasteiger partial charge in [0, 0.05) is 16.7 Å². The van der Waals surface area contributed by atoms with E-state index in [1.54, 1.807) is 23.9 Å². The highest BCUT2D eigenvalue weighted by molar-refractivity contribution is 7.98. The van der Waals surface area contributed by atoms with Crippen molar-refractivity contribution in [1.29, 1.82) is 0 Å². The molecule has 0 bridgehead atoms. The third kappa shape index (κ3) is 3.72. The van der Waals surface area contributed by atoms with Crippen LogP contribution in [0.3, 0.4) is 0 Å². The molecule has 0 aliphatic carbocycles. The van der Waals surface area contributed by atoms with Crippen molar-refractivity contribution < 1.29 is 14.2 Å². The van der Waals surface area contributed by atoms with Gasteiger partial charge < -0.3 is 9.84 Å². The summed E-state index contributed by atoms with van der Waals surface area (Å²) in [5.41, 5.74) is 1.53. The maximum atomic E-state index is 13.7. The lowest BCUT2D eigenvalue weighted by Crippen LogP contribution is -1.90. The van der Waals surface area contributed by atoms with Crippen LogP contribution in [-0.4, -0.2) is 12.2 Å². The molecule has 0 heterocycles. The van der Waals surface area contributed by atoms with E-state index in [1.165, 1.54) is 13.2 Å². The molecule has 0 atom stereocenters. The van der Waals surface area contributed by atoms with E-state index < -0.39 is 0 Å². The number of thioether (sulfide) groups is 1. The van der Waals surface area contributed by atoms with Crippen LogP contribution < -0.4 is 4.74 Å². The maximum Gasteiger partial charge on any atom is 0.130 e. The Kier molecular flexibility index (Phi) is 4.82. The molecular weight excluding hydrogens is 263 g/mol. The van der Waals surface area contributed by atoms with E-state index in [1.807, 2.05) is 24.3 Å². The number of aliphatic hydroxyl groups is 1. The molecule has 19 heavy (non-hydrogen) atoms. The number of aliphatic hydroxyl groups excluding tert-OH is 1. The molecule has 100 valence electrons. The molecule has 4 heteroatoms. The van der Waals surface area contributed by atoms with Gasteiger partial charge in [-0.15, -0.1) is 11.8 Å². The number of benzene rings is 2. The standard InChI is InChI=1S/C15H15FO2S/c1-18-13-5-4-12(15(16)8-13)10-19-14-6-2-11(9-17)3-7-14/h2-8,17H,9-10H2,1H3. The summed E-state index contributed by atoms with van der Waals surface area (Å²) < 4.78 is 18.7. The van der Waals surface area contributed by atoms with Crippen LogP contribution in [0.5, 0.6) is 5.75 Å². The van der Waals surface area contributed by atoms with Crippen LogP contribution in [0.4, 0.5) is 4.39 Å². The first-order chi connectivity index (χ1) is 9.22. The topological polar surface area (TPSA) is 29.5 Å². The normalized spacial score (nSPS) is 10.5. The highest BCUT2D eigenvalue weighted by Crippen LogP contribution is 2.26. The molecule has 0 aliphatic rings. The van der Waals surface area contributed by atoms with Crippen molar-refractivity contribution in [3.8, 4) is 5.75 Å². The average Bonchev–Trinajstić information content (AvgIpc) is 2.46. The molecule has 0 saturated carbocycles. The van der Waals surface area contributed by atoms with Crippen LogP contribution in [0.15, 0.2) is 47.4 Å². The Labute approximate surface area is 116 Å². The van der Waals surface area contributed by atoms with E-state index in [9.17, 15) is 4.39 Å². The Bertz CT molecular complexity index is 540. The predicted molar refractivity (Wildman–Crippen MR) is 74.9 cm³/mol. The van der Waals surface area contributed by atoms with Crippen molar-refractivity contribution in [2.75, 3.05) is 7.11 Å². The third-order valence-corrected chi connectivity index (χ3v) is 3.82. The van der Waals surface area contributed by atoms with Gasteiger partial charge in [0.2, 0.25) is 0 Å². The molecule has 0 saturated heterocycles. The molecule has 2 aromatic rings. The van der Waals surface area contributed by atoms with Crippen molar-refractivity contribution in [1.82, 2.24) is 0 Å². The minimum Gasteiger partial charge on any atom is -0.497 e. The van der Waals surface area contributed by atoms with Gasteiger partial charge in [-0.05, 0) is 29.3 Å². The van der Waals surface area contributed by atoms with Crippen LogP contribution in [-0.2, 0) is 12.4 Å². The van der Waals surface area contributed by atoms with Gasteiger partial charge in [0.15, 0.2) is 0 Å². The first kappa shape index (κ1) is 13.9. The van der Waals surface area contributed by atoms with E-state index in [-0.39, 0.29) is 12.4 Å². The van der Waals surface area contributed by atoms with E-state index in [0.717, 1.165) is 10.5 Å². The molecule has 0 amide bonds. The molecule has 2 nitrogen and oxygen atoms in total. The van der Waals surface area contributed by atoms with Gasteiger partial charge in [-0.25, -0.2) is 4.39 Å². The Hall–Kier alpha value is -1.52. The van der Waals surface area contributed by atoms with Crippen molar-refractivity contribution >= 4 is 11.8 Å². The molecule has 1 N–H and O–H groups in total. The predicted octanol–water partition coefficient (Wildman–Crippen LogP) is 3.62. The van der Waals surface area contributed by atoms with E-state index in [4.69, 9.17) is 9.84 Å². The number of methoxy groups -OCH3 is 1. The van der Waals surface area contributed by atoms with Crippen molar-refractivity contribution in [3.05, 3.63) is 59.4 Å². The molecule has 0 fully saturated rings. The second-order valence-electron chi connectivity index (χ2n) is 4.05. The highest BCUT2D eigenvalue weighted by atomic mass is 32.2. The summed E-state index contributed by atoms with van der Waals surface area (Å²) >= 11 is 1.56. The lowest BCUT2D eigenvalue weighted by atomic mass is 10.2. The Morgan fingerprint density at radius 2 is 1.89 bits per heavy atom. The Morgan fingerprint density at radius 1 is 1.16 bits per heavy atom. The molecular formula is C15H15FO2S. The second kappa shape index (κ2) is 6.59. The van der Waals surface area contributed by atoms with Gasteiger partial charge in [-0.2, -0.15) is 0 Å². The van der Waals surface area contributed by atoms with Crippen LogP contribution in [0, 0.1) is 5.82 Å². The van der Waals surface area contributed by atoms with Crippen molar-refractivity contribution in [3.63, 3.8) is 0 Å². The summed E-state index contributed by atoms with van der Waals surface area (Å²) in [5.74, 6) is 0.839. The fraction of sp³-hybridized carbons (Fsp3) is 0.200. The molecule has 0 aliphatic heterocycles. The lowest BCUT2D eigenvalue weighted by molar-refractivity contribution is 0.282. The highest BCUT2D eigenvalue weighted by Gasteiger charge is 2.05. The molecule has 2 rings (SSSR count). The van der Waals surface area contributed by atoms with Gasteiger partial charge in [0.05, 0.1) is 13.7 Å². The van der Waals surface area contributed by atoms with E-state index in [2.05, 4.69) is 0 Å². The lowest BCUT2D eigenvalue weighted by Gasteiger charge is -2.06. The van der Waals surface area contributed by atoms with Crippen molar-refractivity contribution in [2.45, 2.75) is 17.3 Å². The number of hydrogen-bond donors (Lipinski definition) is 1. The van der Waals surface area contributed by atoms with Crippen LogP contribution >= 0.6 is 11.8 Å². The Morgan fingerprint density at radius 3 is 2.47 bits per heavy atom. The summed E-state index contributed by atoms with van der Waals surface area (Å²) in [6.07, 6.45) is 0. The molecule has 0 spiro atoms. The first-order valence-electron chi connectivity index (χ1n) is 5.88. The van der Waals surface area contributed by atoms with Crippen LogP contribution in [0.25, 0.3) is 0 Å². The second-order valence-corrected chi connectivity index (χ2v) is 5.10. The molecule has 0 unspecified atom stereocenters. The average molecular weight is 278 g/mol. The van der Waals surface area contributed by atoms with Crippen molar-refractivity contribution in [2.24, 2.45) is 0 Å². The quantitative estimate of drug-likeness (QED) is 0.847. The molecule has 2 aromatic carbocycles. The van der Waals surface area contributed by atoms with Crippen LogP contribution in [0.1, 0.15) is 11.1 Å². The minimum absolute atomic E-state index is 0.0397. The summed E-state index contributed by atoms with van der Waals surface area (Å²) in [6, 6.07) is 12.5. The van der Waals surface area contributed by atoms with Gasteiger partial charge in [-0.1, -0.05) is 18.2 Å². The SMILES string of the molecule is COc1ccc(CSc2ccc(CO)cc2)c(F)c1. The van der Waals surface area contributed by atoms with Gasteiger partial charge >= 0.3 is 0 Å². The zero-order valence-corrected chi connectivity index (χ0v) is 11.4. The molecule has 0 aromatic heterocycles. The third-order valence-electron chi connectivity index (χ3n) is 2.76. The molecule has 0 radical (unpaired) electrons. The summed E-state index contributed by atoms with van der Waals surface area (Å²) in [6.45, 7) is 0.0397. The summed E-state index contributed by atoms with van der Waals surface area (Å²) in [5, 5.41) is 8.95. The summed E-state index contributed by atoms with van der Waals surface area (Å²) in [7, 11) is 1.52. The van der Waals surface area contributed by atoms with E-state index in [0.29, 0.717) is 17.1 Å². The van der Waals surface area contributed by atoms with Crippen LogP contribution in [0.2, 0.25) is 0 Å². The maximum absolute atomic E-state index is 13.7. The first-order valence-corrected chi connectivity index (χ1v) is 6.86. The number of rotatable bonds is 5. The summed E-state index contributed by atoms with van der Waals surface area (Å²) in [4.78, 5) is 1.05. The smallest absolute Gasteiger partial charge is 0.130 e.